The number of hydrogen-bond acceptors (Lipinski definition) is 3. The fourth-order valence-electron chi connectivity index (χ4n) is 1.04. The van der Waals surface area contributed by atoms with E-state index in [1.165, 1.54) is 0 Å². The van der Waals surface area contributed by atoms with Gasteiger partial charge in [-0.2, -0.15) is 18.3 Å². The Morgan fingerprint density at radius 3 is 2.73 bits per heavy atom. The molecule has 0 aliphatic carbocycles. The molecule has 0 saturated carbocycles. The van der Waals surface area contributed by atoms with Gasteiger partial charge in [0.05, 0.1) is 0 Å². The standard InChI is InChI=1S/C7H10F3N3OS/c1-2-13-5(11-12-6(13)15)3-14-4-7(8,9)10/h2-4H2,1H3,(H,12,15). The maximum Gasteiger partial charge on any atom is 0.411 e. The molecule has 1 aromatic heterocycles. The lowest BCUT2D eigenvalue weighted by Gasteiger charge is -2.07. The average molecular weight is 241 g/mol. The lowest BCUT2D eigenvalue weighted by molar-refractivity contribution is -0.177. The van der Waals surface area contributed by atoms with Gasteiger partial charge in [0.1, 0.15) is 13.2 Å². The molecule has 8 heteroatoms. The summed E-state index contributed by atoms with van der Waals surface area (Å²) < 4.78 is 41.7. The molecule has 0 fully saturated rings. The molecule has 0 atom stereocenters. The van der Waals surface area contributed by atoms with Crippen LogP contribution in [0.3, 0.4) is 0 Å². The van der Waals surface area contributed by atoms with Crippen LogP contribution >= 0.6 is 12.2 Å². The molecule has 0 spiro atoms. The van der Waals surface area contributed by atoms with Crippen molar-refractivity contribution in [3.8, 4) is 0 Å². The molecule has 4 nitrogen and oxygen atoms in total. The van der Waals surface area contributed by atoms with Crippen LogP contribution in [0, 0.1) is 4.77 Å². The molecule has 0 radical (unpaired) electrons. The minimum Gasteiger partial charge on any atom is -0.364 e. The van der Waals surface area contributed by atoms with Crippen LogP contribution in [0.4, 0.5) is 13.2 Å². The maximum atomic E-state index is 11.8. The zero-order chi connectivity index (χ0) is 11.5. The third kappa shape index (κ3) is 3.63. The average Bonchev–Trinajstić information content (AvgIpc) is 2.44. The first kappa shape index (κ1) is 12.2. The summed E-state index contributed by atoms with van der Waals surface area (Å²) in [6, 6.07) is 0. The molecular formula is C7H10F3N3OS. The first-order valence-corrected chi connectivity index (χ1v) is 4.63. The second-order valence-electron chi connectivity index (χ2n) is 2.80. The molecule has 1 heterocycles. The Morgan fingerprint density at radius 2 is 2.20 bits per heavy atom. The molecule has 0 bridgehead atoms. The monoisotopic (exact) mass is 241 g/mol. The normalized spacial score (nSPS) is 12.0. The van der Waals surface area contributed by atoms with Gasteiger partial charge in [0.25, 0.3) is 0 Å². The van der Waals surface area contributed by atoms with Gasteiger partial charge in [-0.1, -0.05) is 0 Å². The summed E-state index contributed by atoms with van der Waals surface area (Å²) >= 11 is 4.86. The van der Waals surface area contributed by atoms with E-state index in [0.29, 0.717) is 17.1 Å². The smallest absolute Gasteiger partial charge is 0.364 e. The van der Waals surface area contributed by atoms with Crippen LogP contribution < -0.4 is 0 Å². The predicted octanol–water partition coefficient (Wildman–Crippen LogP) is 2.04. The van der Waals surface area contributed by atoms with E-state index < -0.39 is 12.8 Å². The van der Waals surface area contributed by atoms with Crippen molar-refractivity contribution in [1.29, 1.82) is 0 Å². The summed E-state index contributed by atoms with van der Waals surface area (Å²) in [7, 11) is 0. The lowest BCUT2D eigenvalue weighted by Crippen LogP contribution is -2.17. The summed E-state index contributed by atoms with van der Waals surface area (Å²) in [5.41, 5.74) is 0. The van der Waals surface area contributed by atoms with Crippen LogP contribution in [0.2, 0.25) is 0 Å². The third-order valence-corrected chi connectivity index (χ3v) is 1.96. The summed E-state index contributed by atoms with van der Waals surface area (Å²) in [5, 5.41) is 6.25. The van der Waals surface area contributed by atoms with Crippen LogP contribution in [0.1, 0.15) is 12.7 Å². The zero-order valence-electron chi connectivity index (χ0n) is 7.97. The van der Waals surface area contributed by atoms with Crippen LogP contribution in [0.5, 0.6) is 0 Å². The summed E-state index contributed by atoms with van der Waals surface area (Å²) in [4.78, 5) is 0. The Bertz CT molecular complexity index is 370. The van der Waals surface area contributed by atoms with Crippen LogP contribution in [0.25, 0.3) is 0 Å². The molecule has 86 valence electrons. The molecule has 0 unspecified atom stereocenters. The molecule has 1 rings (SSSR count). The minimum atomic E-state index is -4.32. The van der Waals surface area contributed by atoms with Gasteiger partial charge in [-0.3, -0.25) is 5.10 Å². The summed E-state index contributed by atoms with van der Waals surface area (Å²) in [6.45, 7) is 0.870. The second kappa shape index (κ2) is 4.75. The first-order chi connectivity index (χ1) is 6.94. The molecule has 1 N–H and O–H groups in total. The number of aromatic amines is 1. The van der Waals surface area contributed by atoms with Gasteiger partial charge < -0.3 is 9.30 Å². The van der Waals surface area contributed by atoms with Gasteiger partial charge in [-0.05, 0) is 19.1 Å². The highest BCUT2D eigenvalue weighted by atomic mass is 32.1. The number of hydrogen-bond donors (Lipinski definition) is 1. The predicted molar refractivity (Wildman–Crippen MR) is 48.8 cm³/mol. The van der Waals surface area contributed by atoms with Crippen molar-refractivity contribution in [3.05, 3.63) is 10.6 Å². The Morgan fingerprint density at radius 1 is 1.53 bits per heavy atom. The van der Waals surface area contributed by atoms with Crippen LogP contribution in [0.15, 0.2) is 0 Å². The van der Waals surface area contributed by atoms with Crippen molar-refractivity contribution in [2.45, 2.75) is 26.3 Å². The molecule has 0 amide bonds. The van der Waals surface area contributed by atoms with Crippen molar-refractivity contribution >= 4 is 12.2 Å². The second-order valence-corrected chi connectivity index (χ2v) is 3.18. The Balaban J connectivity index is 2.55. The van der Waals surface area contributed by atoms with Crippen molar-refractivity contribution in [3.63, 3.8) is 0 Å². The van der Waals surface area contributed by atoms with E-state index in [1.54, 1.807) is 4.57 Å². The van der Waals surface area contributed by atoms with Crippen molar-refractivity contribution < 1.29 is 17.9 Å². The number of nitrogens with zero attached hydrogens (tertiary/aromatic N) is 2. The molecule has 0 aromatic carbocycles. The zero-order valence-corrected chi connectivity index (χ0v) is 8.78. The number of aromatic nitrogens is 3. The van der Waals surface area contributed by atoms with E-state index in [1.807, 2.05) is 6.92 Å². The van der Waals surface area contributed by atoms with Gasteiger partial charge in [-0.25, -0.2) is 0 Å². The topological polar surface area (TPSA) is 42.8 Å². The van der Waals surface area contributed by atoms with Crippen LogP contribution in [-0.4, -0.2) is 27.5 Å². The van der Waals surface area contributed by atoms with E-state index in [-0.39, 0.29) is 6.61 Å². The minimum absolute atomic E-state index is 0.208. The quantitative estimate of drug-likeness (QED) is 0.820. The van der Waals surface area contributed by atoms with Gasteiger partial charge in [0.15, 0.2) is 10.6 Å². The van der Waals surface area contributed by atoms with Gasteiger partial charge in [-0.15, -0.1) is 0 Å². The van der Waals surface area contributed by atoms with E-state index >= 15 is 0 Å². The Labute approximate surface area is 89.1 Å². The highest BCUT2D eigenvalue weighted by molar-refractivity contribution is 7.71. The number of alkyl halides is 3. The maximum absolute atomic E-state index is 11.8. The molecule has 1 aromatic rings. The largest absolute Gasteiger partial charge is 0.411 e. The van der Waals surface area contributed by atoms with Gasteiger partial charge >= 0.3 is 6.18 Å². The fraction of sp³-hybridized carbons (Fsp3) is 0.714. The SMILES string of the molecule is CCn1c(COCC(F)(F)F)n[nH]c1=S. The third-order valence-electron chi connectivity index (χ3n) is 1.65. The number of H-pyrrole nitrogens is 1. The summed E-state index contributed by atoms with van der Waals surface area (Å²) in [5.74, 6) is 0.367. The Hall–Kier alpha value is -0.890. The van der Waals surface area contributed by atoms with Crippen LogP contribution in [-0.2, 0) is 17.9 Å². The Kier molecular flexibility index (Phi) is 3.86. The van der Waals surface area contributed by atoms with E-state index in [4.69, 9.17) is 12.2 Å². The molecular weight excluding hydrogens is 231 g/mol. The van der Waals surface area contributed by atoms with E-state index in [0.717, 1.165) is 0 Å². The highest BCUT2D eigenvalue weighted by Gasteiger charge is 2.27. The fourth-order valence-corrected chi connectivity index (χ4v) is 1.32. The van der Waals surface area contributed by atoms with Gasteiger partial charge in [0.2, 0.25) is 0 Å². The molecule has 0 saturated heterocycles. The van der Waals surface area contributed by atoms with E-state index in [2.05, 4.69) is 14.9 Å². The lowest BCUT2D eigenvalue weighted by atomic mass is 10.6. The van der Waals surface area contributed by atoms with E-state index in [9.17, 15) is 13.2 Å². The van der Waals surface area contributed by atoms with Gasteiger partial charge in [0, 0.05) is 6.54 Å². The highest BCUT2D eigenvalue weighted by Crippen LogP contribution is 2.15. The number of ether oxygens (including phenoxy) is 1. The molecule has 0 aliphatic rings. The molecule has 15 heavy (non-hydrogen) atoms. The van der Waals surface area contributed by atoms with Crippen molar-refractivity contribution in [2.75, 3.05) is 6.61 Å². The summed E-state index contributed by atoms with van der Waals surface area (Å²) in [6.07, 6.45) is -4.32. The van der Waals surface area contributed by atoms with Crippen molar-refractivity contribution in [2.24, 2.45) is 0 Å². The van der Waals surface area contributed by atoms with Crippen molar-refractivity contribution in [1.82, 2.24) is 14.8 Å². The first-order valence-electron chi connectivity index (χ1n) is 4.22. The molecule has 0 aliphatic heterocycles. The number of halogens is 3. The number of nitrogens with one attached hydrogen (secondary N) is 1. The number of rotatable bonds is 4.